The van der Waals surface area contributed by atoms with Gasteiger partial charge in [-0.2, -0.15) is 5.10 Å². The normalized spacial score (nSPS) is 10.6. The summed E-state index contributed by atoms with van der Waals surface area (Å²) in [6.07, 6.45) is 1.48. The molecule has 0 fully saturated rings. The van der Waals surface area contributed by atoms with Gasteiger partial charge < -0.3 is 20.1 Å². The van der Waals surface area contributed by atoms with E-state index in [0.29, 0.717) is 39.4 Å². The molecule has 0 aliphatic rings. The van der Waals surface area contributed by atoms with Gasteiger partial charge in [-0.15, -0.1) is 0 Å². The Kier molecular flexibility index (Phi) is 8.02. The summed E-state index contributed by atoms with van der Waals surface area (Å²) >= 11 is 3.43. The molecule has 0 aromatic heterocycles. The van der Waals surface area contributed by atoms with Crippen molar-refractivity contribution in [3.63, 3.8) is 0 Å². The Bertz CT molecular complexity index is 898. The fourth-order valence-corrected chi connectivity index (χ4v) is 2.77. The maximum atomic E-state index is 12.1. The lowest BCUT2D eigenvalue weighted by atomic mass is 10.2. The number of nitrogens with one attached hydrogen (secondary N) is 1. The highest BCUT2D eigenvalue weighted by molar-refractivity contribution is 9.10. The summed E-state index contributed by atoms with van der Waals surface area (Å²) in [5, 5.41) is 3.98. The van der Waals surface area contributed by atoms with Crippen LogP contribution in [0.1, 0.15) is 22.8 Å². The molecule has 29 heavy (non-hydrogen) atoms. The molecule has 2 aromatic carbocycles. The van der Waals surface area contributed by atoms with Crippen molar-refractivity contribution in [1.29, 1.82) is 0 Å². The summed E-state index contributed by atoms with van der Waals surface area (Å²) in [7, 11) is 3.31. The minimum absolute atomic E-state index is 0.114. The van der Waals surface area contributed by atoms with Gasteiger partial charge in [-0.05, 0) is 64.8 Å². The zero-order valence-corrected chi connectivity index (χ0v) is 18.0. The van der Waals surface area contributed by atoms with Crippen molar-refractivity contribution in [2.45, 2.75) is 6.92 Å². The van der Waals surface area contributed by atoms with Crippen LogP contribution in [-0.2, 0) is 4.79 Å². The van der Waals surface area contributed by atoms with Crippen LogP contribution in [0.2, 0.25) is 0 Å². The molecule has 2 amide bonds. The van der Waals surface area contributed by atoms with Crippen molar-refractivity contribution >= 4 is 39.6 Å². The lowest BCUT2D eigenvalue weighted by Crippen LogP contribution is -2.27. The lowest BCUT2D eigenvalue weighted by molar-refractivity contribution is -0.130. The third-order valence-electron chi connectivity index (χ3n) is 3.72. The van der Waals surface area contributed by atoms with Crippen LogP contribution in [0, 0.1) is 0 Å². The zero-order chi connectivity index (χ0) is 21.4. The van der Waals surface area contributed by atoms with E-state index < -0.39 is 0 Å². The molecule has 9 heteroatoms. The third kappa shape index (κ3) is 6.49. The van der Waals surface area contributed by atoms with E-state index >= 15 is 0 Å². The van der Waals surface area contributed by atoms with E-state index in [9.17, 15) is 9.59 Å². The summed E-state index contributed by atoms with van der Waals surface area (Å²) in [5.41, 5.74) is 9.76. The average Bonchev–Trinajstić information content (AvgIpc) is 2.67. The van der Waals surface area contributed by atoms with Crippen LogP contribution in [0.3, 0.4) is 0 Å². The average molecular weight is 463 g/mol. The molecule has 0 bridgehead atoms. The molecule has 0 spiro atoms. The molecule has 2 aromatic rings. The highest BCUT2D eigenvalue weighted by Crippen LogP contribution is 2.36. The van der Waals surface area contributed by atoms with Gasteiger partial charge in [-0.3, -0.25) is 9.59 Å². The second-order valence-electron chi connectivity index (χ2n) is 6.16. The Hall–Kier alpha value is -3.07. The van der Waals surface area contributed by atoms with E-state index in [1.165, 1.54) is 11.1 Å². The minimum atomic E-state index is -0.354. The first-order chi connectivity index (χ1) is 13.8. The number of carbonyl (C=O) groups excluding carboxylic acids is 2. The van der Waals surface area contributed by atoms with Crippen LogP contribution in [0.4, 0.5) is 5.69 Å². The molecule has 0 aliphatic heterocycles. The van der Waals surface area contributed by atoms with Crippen LogP contribution in [-0.4, -0.2) is 50.2 Å². The number of amides is 2. The van der Waals surface area contributed by atoms with Gasteiger partial charge in [0, 0.05) is 25.3 Å². The fraction of sp³-hybridized carbons (Fsp3) is 0.250. The lowest BCUT2D eigenvalue weighted by Gasteiger charge is -2.16. The number of nitrogens with zero attached hydrogens (tertiary/aromatic N) is 2. The topological polar surface area (TPSA) is 106 Å². The number of benzene rings is 2. The Labute approximate surface area is 177 Å². The maximum absolute atomic E-state index is 12.1. The number of nitrogens with two attached hydrogens (primary N) is 1. The second kappa shape index (κ2) is 10.5. The number of hydrazone groups is 1. The minimum Gasteiger partial charge on any atom is -0.490 e. The molecule has 3 N–H and O–H groups in total. The zero-order valence-electron chi connectivity index (χ0n) is 16.4. The van der Waals surface area contributed by atoms with E-state index in [4.69, 9.17) is 15.2 Å². The van der Waals surface area contributed by atoms with Crippen LogP contribution in [0.15, 0.2) is 46.0 Å². The molecular formula is C20H23BrN4O4. The van der Waals surface area contributed by atoms with E-state index in [0.717, 1.165) is 0 Å². The smallest absolute Gasteiger partial charge is 0.271 e. The van der Waals surface area contributed by atoms with Crippen molar-refractivity contribution in [2.75, 3.05) is 33.0 Å². The summed E-state index contributed by atoms with van der Waals surface area (Å²) in [4.78, 5) is 25.3. The number of ether oxygens (including phenoxy) is 2. The molecule has 0 saturated heterocycles. The molecule has 0 unspecified atom stereocenters. The summed E-state index contributed by atoms with van der Waals surface area (Å²) < 4.78 is 11.8. The van der Waals surface area contributed by atoms with Gasteiger partial charge in [0.25, 0.3) is 11.8 Å². The third-order valence-corrected chi connectivity index (χ3v) is 4.31. The number of rotatable bonds is 8. The van der Waals surface area contributed by atoms with Gasteiger partial charge in [-0.25, -0.2) is 5.43 Å². The first kappa shape index (κ1) is 22.2. The van der Waals surface area contributed by atoms with Crippen molar-refractivity contribution in [3.05, 3.63) is 52.0 Å². The van der Waals surface area contributed by atoms with Crippen LogP contribution >= 0.6 is 15.9 Å². The van der Waals surface area contributed by atoms with Gasteiger partial charge in [0.15, 0.2) is 18.1 Å². The first-order valence-electron chi connectivity index (χ1n) is 8.80. The Morgan fingerprint density at radius 2 is 1.90 bits per heavy atom. The van der Waals surface area contributed by atoms with E-state index in [1.807, 2.05) is 6.92 Å². The monoisotopic (exact) mass is 462 g/mol. The number of hydrogen-bond acceptors (Lipinski definition) is 6. The Morgan fingerprint density at radius 1 is 1.21 bits per heavy atom. The van der Waals surface area contributed by atoms with Crippen molar-refractivity contribution in [1.82, 2.24) is 10.3 Å². The number of nitrogen functional groups attached to an aromatic ring is 1. The number of carbonyl (C=O) groups is 2. The largest absolute Gasteiger partial charge is 0.490 e. The van der Waals surface area contributed by atoms with Crippen molar-refractivity contribution in [2.24, 2.45) is 5.10 Å². The number of halogens is 1. The van der Waals surface area contributed by atoms with Gasteiger partial charge >= 0.3 is 0 Å². The molecule has 0 radical (unpaired) electrons. The molecular weight excluding hydrogens is 440 g/mol. The molecule has 0 heterocycles. The van der Waals surface area contributed by atoms with E-state index in [2.05, 4.69) is 26.5 Å². The Balaban J connectivity index is 2.12. The quantitative estimate of drug-likeness (QED) is 0.356. The van der Waals surface area contributed by atoms with Crippen molar-refractivity contribution < 1.29 is 19.1 Å². The van der Waals surface area contributed by atoms with Gasteiger partial charge in [-0.1, -0.05) is 0 Å². The molecule has 0 aliphatic carbocycles. The molecule has 2 rings (SSSR count). The summed E-state index contributed by atoms with van der Waals surface area (Å²) in [5.74, 6) is 0.354. The highest BCUT2D eigenvalue weighted by Gasteiger charge is 2.14. The van der Waals surface area contributed by atoms with Crippen LogP contribution in [0.25, 0.3) is 0 Å². The molecule has 8 nitrogen and oxygen atoms in total. The van der Waals surface area contributed by atoms with Gasteiger partial charge in [0.05, 0.1) is 17.3 Å². The van der Waals surface area contributed by atoms with Crippen molar-refractivity contribution in [3.8, 4) is 11.5 Å². The van der Waals surface area contributed by atoms with E-state index in [-0.39, 0.29) is 18.4 Å². The number of likely N-dealkylation sites (N-methyl/N-ethyl adjacent to an activating group) is 1. The van der Waals surface area contributed by atoms with Crippen LogP contribution < -0.4 is 20.6 Å². The maximum Gasteiger partial charge on any atom is 0.271 e. The number of anilines is 1. The standard InChI is InChI=1S/C20H23BrN4O4/c1-4-28-17-10-13(9-16(21)19(17)29-12-18(26)25(2)3)11-23-24-20(27)14-5-7-15(22)8-6-14/h5-11H,4,12,22H2,1-3H3,(H,24,27). The van der Waals surface area contributed by atoms with E-state index in [1.54, 1.807) is 50.5 Å². The highest BCUT2D eigenvalue weighted by atomic mass is 79.9. The Morgan fingerprint density at radius 3 is 2.52 bits per heavy atom. The predicted molar refractivity (Wildman–Crippen MR) is 115 cm³/mol. The fourth-order valence-electron chi connectivity index (χ4n) is 2.19. The van der Waals surface area contributed by atoms with Gasteiger partial charge in [0.2, 0.25) is 0 Å². The predicted octanol–water partition coefficient (Wildman–Crippen LogP) is 2.66. The molecule has 0 saturated carbocycles. The second-order valence-corrected chi connectivity index (χ2v) is 7.02. The number of hydrogen-bond donors (Lipinski definition) is 2. The summed E-state index contributed by atoms with van der Waals surface area (Å²) in [6.45, 7) is 2.14. The van der Waals surface area contributed by atoms with Crippen LogP contribution in [0.5, 0.6) is 11.5 Å². The molecule has 154 valence electrons. The first-order valence-corrected chi connectivity index (χ1v) is 9.59. The van der Waals surface area contributed by atoms with Gasteiger partial charge in [0.1, 0.15) is 0 Å². The SMILES string of the molecule is CCOc1cc(C=NNC(=O)c2ccc(N)cc2)cc(Br)c1OCC(=O)N(C)C. The molecule has 0 atom stereocenters. The summed E-state index contributed by atoms with van der Waals surface area (Å²) in [6, 6.07) is 9.98.